The van der Waals surface area contributed by atoms with Crippen LogP contribution < -0.4 is 4.90 Å². The normalized spacial score (nSPS) is 18.4. The van der Waals surface area contributed by atoms with Crippen molar-refractivity contribution in [2.45, 2.75) is 60.1 Å². The number of fused-ring (bicyclic) bond motifs is 1. The Kier molecular flexibility index (Phi) is 5.53. The zero-order chi connectivity index (χ0) is 16.2. The van der Waals surface area contributed by atoms with Gasteiger partial charge in [-0.2, -0.15) is 0 Å². The number of ether oxygens (including phenoxy) is 1. The Morgan fingerprint density at radius 2 is 1.95 bits per heavy atom. The number of hydrogen-bond donors (Lipinski definition) is 0. The summed E-state index contributed by atoms with van der Waals surface area (Å²) in [6.45, 7) is 13.1. The molecule has 1 aromatic rings. The molecule has 0 saturated heterocycles. The van der Waals surface area contributed by atoms with E-state index in [9.17, 15) is 0 Å². The van der Waals surface area contributed by atoms with E-state index >= 15 is 0 Å². The molecule has 1 fully saturated rings. The Hall–Kier alpha value is -1.46. The summed E-state index contributed by atoms with van der Waals surface area (Å²) in [6.07, 6.45) is 2.48. The van der Waals surface area contributed by atoms with Gasteiger partial charge in [-0.3, -0.25) is 0 Å². The maximum Gasteiger partial charge on any atom is 0.0750 e. The first-order chi connectivity index (χ1) is 10.6. The lowest BCUT2D eigenvalue weighted by molar-refractivity contribution is 0.131. The highest BCUT2D eigenvalue weighted by Crippen LogP contribution is 2.44. The largest absolute Gasteiger partial charge is 0.375 e. The molecule has 1 aliphatic heterocycles. The monoisotopic (exact) mass is 299 g/mol. The Balaban J connectivity index is 0.000000847. The van der Waals surface area contributed by atoms with Gasteiger partial charge in [-0.15, -0.1) is 0 Å². The average molecular weight is 299 g/mol. The van der Waals surface area contributed by atoms with Crippen molar-refractivity contribution in [2.24, 2.45) is 5.41 Å². The van der Waals surface area contributed by atoms with Crippen molar-refractivity contribution < 1.29 is 4.74 Å². The maximum atomic E-state index is 5.78. The summed E-state index contributed by atoms with van der Waals surface area (Å²) in [6, 6.07) is 6.94. The number of rotatable bonds is 1. The third-order valence-corrected chi connectivity index (χ3v) is 4.31. The van der Waals surface area contributed by atoms with E-state index in [4.69, 9.17) is 4.74 Å². The first-order valence-electron chi connectivity index (χ1n) is 8.58. The third-order valence-electron chi connectivity index (χ3n) is 4.31. The summed E-state index contributed by atoms with van der Waals surface area (Å²) >= 11 is 0. The molecule has 2 heteroatoms. The molecule has 1 saturated carbocycles. The van der Waals surface area contributed by atoms with Gasteiger partial charge in [0.25, 0.3) is 0 Å². The van der Waals surface area contributed by atoms with Crippen LogP contribution in [0.25, 0.3) is 0 Å². The molecule has 0 unspecified atom stereocenters. The average Bonchev–Trinajstić information content (AvgIpc) is 3.29. The minimum absolute atomic E-state index is 0.270. The predicted molar refractivity (Wildman–Crippen MR) is 94.1 cm³/mol. The lowest BCUT2D eigenvalue weighted by Crippen LogP contribution is -2.33. The first kappa shape index (κ1) is 16.9. The Morgan fingerprint density at radius 3 is 2.59 bits per heavy atom. The van der Waals surface area contributed by atoms with Gasteiger partial charge in [0, 0.05) is 34.8 Å². The van der Waals surface area contributed by atoms with Crippen molar-refractivity contribution in [2.75, 3.05) is 18.1 Å². The van der Waals surface area contributed by atoms with Crippen LogP contribution in [0.2, 0.25) is 0 Å². The number of anilines is 1. The molecule has 0 amide bonds. The van der Waals surface area contributed by atoms with Crippen molar-refractivity contribution in [1.82, 2.24) is 0 Å². The Labute approximate surface area is 135 Å². The molecular weight excluding hydrogens is 270 g/mol. The van der Waals surface area contributed by atoms with Gasteiger partial charge < -0.3 is 9.64 Å². The van der Waals surface area contributed by atoms with Gasteiger partial charge in [0.2, 0.25) is 0 Å². The minimum atomic E-state index is 0.270. The van der Waals surface area contributed by atoms with Crippen molar-refractivity contribution in [3.63, 3.8) is 0 Å². The summed E-state index contributed by atoms with van der Waals surface area (Å²) in [5.41, 5.74) is 3.97. The number of nitrogens with zero attached hydrogens (tertiary/aromatic N) is 1. The van der Waals surface area contributed by atoms with Gasteiger partial charge in [0.15, 0.2) is 0 Å². The molecule has 0 radical (unpaired) electrons. The van der Waals surface area contributed by atoms with E-state index in [0.717, 1.165) is 18.7 Å². The molecule has 0 atom stereocenters. The molecular formula is C20H29NO. The highest BCUT2D eigenvalue weighted by atomic mass is 16.5. The van der Waals surface area contributed by atoms with Crippen molar-refractivity contribution in [1.29, 1.82) is 0 Å². The minimum Gasteiger partial charge on any atom is -0.375 e. The maximum absolute atomic E-state index is 5.78. The lowest BCUT2D eigenvalue weighted by Gasteiger charge is -2.28. The van der Waals surface area contributed by atoms with Crippen molar-refractivity contribution in [3.05, 3.63) is 29.3 Å². The second kappa shape index (κ2) is 7.20. The SMILES string of the molecule is CC.CC(C)N1CCOCc2c(C#CC3(C)CC3)cccc21. The van der Waals surface area contributed by atoms with Crippen LogP contribution in [0.4, 0.5) is 5.69 Å². The van der Waals surface area contributed by atoms with Crippen LogP contribution in [0.5, 0.6) is 0 Å². The van der Waals surface area contributed by atoms with Gasteiger partial charge in [-0.25, -0.2) is 0 Å². The van der Waals surface area contributed by atoms with E-state index in [0.29, 0.717) is 12.6 Å². The van der Waals surface area contributed by atoms with E-state index < -0.39 is 0 Å². The fourth-order valence-electron chi connectivity index (χ4n) is 2.64. The molecule has 1 aliphatic carbocycles. The summed E-state index contributed by atoms with van der Waals surface area (Å²) in [5.74, 6) is 6.85. The summed E-state index contributed by atoms with van der Waals surface area (Å²) in [5, 5.41) is 0. The second-order valence-electron chi connectivity index (χ2n) is 6.45. The van der Waals surface area contributed by atoms with E-state index in [2.05, 4.69) is 55.7 Å². The van der Waals surface area contributed by atoms with Crippen LogP contribution in [-0.4, -0.2) is 19.2 Å². The van der Waals surface area contributed by atoms with Crippen LogP contribution in [0, 0.1) is 17.3 Å². The fraction of sp³-hybridized carbons (Fsp3) is 0.600. The molecule has 0 spiro atoms. The fourth-order valence-corrected chi connectivity index (χ4v) is 2.64. The zero-order valence-electron chi connectivity index (χ0n) is 14.7. The third kappa shape index (κ3) is 3.84. The Morgan fingerprint density at radius 1 is 1.23 bits per heavy atom. The van der Waals surface area contributed by atoms with Crippen LogP contribution in [0.3, 0.4) is 0 Å². The molecule has 0 aromatic heterocycles. The highest BCUT2D eigenvalue weighted by Gasteiger charge is 2.35. The van der Waals surface area contributed by atoms with Gasteiger partial charge >= 0.3 is 0 Å². The topological polar surface area (TPSA) is 12.5 Å². The molecule has 120 valence electrons. The van der Waals surface area contributed by atoms with Crippen LogP contribution in [-0.2, 0) is 11.3 Å². The van der Waals surface area contributed by atoms with Crippen molar-refractivity contribution in [3.8, 4) is 11.8 Å². The summed E-state index contributed by atoms with van der Waals surface area (Å²) in [7, 11) is 0. The molecule has 0 bridgehead atoms. The first-order valence-corrected chi connectivity index (χ1v) is 8.58. The smallest absolute Gasteiger partial charge is 0.0750 e. The van der Waals surface area contributed by atoms with Crippen LogP contribution in [0.15, 0.2) is 18.2 Å². The van der Waals surface area contributed by atoms with Gasteiger partial charge in [0.1, 0.15) is 0 Å². The van der Waals surface area contributed by atoms with E-state index in [-0.39, 0.29) is 5.41 Å². The quantitative estimate of drug-likeness (QED) is 0.702. The van der Waals surface area contributed by atoms with Gasteiger partial charge in [0.05, 0.1) is 13.2 Å². The van der Waals surface area contributed by atoms with Crippen molar-refractivity contribution >= 4 is 5.69 Å². The van der Waals surface area contributed by atoms with Crippen LogP contribution >= 0.6 is 0 Å². The van der Waals surface area contributed by atoms with E-state index in [1.807, 2.05) is 13.8 Å². The summed E-state index contributed by atoms with van der Waals surface area (Å²) in [4.78, 5) is 2.42. The van der Waals surface area contributed by atoms with Crippen LogP contribution in [0.1, 0.15) is 58.6 Å². The van der Waals surface area contributed by atoms with E-state index in [1.165, 1.54) is 24.1 Å². The molecule has 1 aromatic carbocycles. The highest BCUT2D eigenvalue weighted by molar-refractivity contribution is 5.61. The molecule has 22 heavy (non-hydrogen) atoms. The van der Waals surface area contributed by atoms with E-state index in [1.54, 1.807) is 0 Å². The standard InChI is InChI=1S/C18H23NO.C2H6/c1-14(2)19-11-12-20-13-16-15(5-4-6-17(16)19)7-8-18(3)9-10-18;1-2/h4-6,14H,9-13H2,1-3H3;1-2H3. The molecule has 2 aliphatic rings. The van der Waals surface area contributed by atoms with Gasteiger partial charge in [-0.1, -0.05) is 31.8 Å². The predicted octanol–water partition coefficient (Wildman–Crippen LogP) is 4.61. The molecule has 1 heterocycles. The molecule has 0 N–H and O–H groups in total. The number of benzene rings is 1. The molecule has 3 rings (SSSR count). The van der Waals surface area contributed by atoms with Gasteiger partial charge in [-0.05, 0) is 45.7 Å². The number of hydrogen-bond acceptors (Lipinski definition) is 2. The summed E-state index contributed by atoms with van der Waals surface area (Å²) < 4.78 is 5.78. The molecule has 2 nitrogen and oxygen atoms in total. The zero-order valence-corrected chi connectivity index (χ0v) is 14.7. The Bertz CT molecular complexity index is 561. The lowest BCUT2D eigenvalue weighted by atomic mass is 10.0. The second-order valence-corrected chi connectivity index (χ2v) is 6.45.